The fourth-order valence-electron chi connectivity index (χ4n) is 3.02. The van der Waals surface area contributed by atoms with Gasteiger partial charge in [0, 0.05) is 30.2 Å². The average molecular weight is 351 g/mol. The fourth-order valence-corrected chi connectivity index (χ4v) is 3.14. The van der Waals surface area contributed by atoms with Gasteiger partial charge in [-0.2, -0.15) is 0 Å². The number of halogens is 1. The third-order valence-electron chi connectivity index (χ3n) is 4.43. The normalized spacial score (nSPS) is 17.8. The Morgan fingerprint density at radius 2 is 2.00 bits per heavy atom. The summed E-state index contributed by atoms with van der Waals surface area (Å²) in [5.74, 6) is 0.606. The Hall–Kier alpha value is -1.55. The van der Waals surface area contributed by atoms with Gasteiger partial charge in [0.05, 0.1) is 5.92 Å². The highest BCUT2D eigenvalue weighted by atomic mass is 35.5. The van der Waals surface area contributed by atoms with Crippen molar-refractivity contribution in [3.8, 4) is 0 Å². The minimum atomic E-state index is -0.103. The lowest BCUT2D eigenvalue weighted by molar-refractivity contribution is -0.126. The van der Waals surface area contributed by atoms with E-state index in [1.54, 1.807) is 29.2 Å². The number of nitrogens with zero attached hydrogens (tertiary/aromatic N) is 1. The van der Waals surface area contributed by atoms with Gasteiger partial charge in [-0.3, -0.25) is 9.59 Å². The number of likely N-dealkylation sites (tertiary alicyclic amines) is 1. The lowest BCUT2D eigenvalue weighted by Crippen LogP contribution is -2.45. The van der Waals surface area contributed by atoms with Crippen molar-refractivity contribution < 1.29 is 9.59 Å². The molecule has 0 saturated carbocycles. The van der Waals surface area contributed by atoms with Gasteiger partial charge in [0.1, 0.15) is 0 Å². The van der Waals surface area contributed by atoms with Gasteiger partial charge in [0.15, 0.2) is 0 Å². The summed E-state index contributed by atoms with van der Waals surface area (Å²) in [6.45, 7) is 6.29. The Morgan fingerprint density at radius 1 is 1.29 bits per heavy atom. The van der Waals surface area contributed by atoms with E-state index in [4.69, 9.17) is 11.6 Å². The van der Waals surface area contributed by atoms with E-state index < -0.39 is 0 Å². The molecule has 1 heterocycles. The molecule has 4 nitrogen and oxygen atoms in total. The molecule has 1 unspecified atom stereocenters. The quantitative estimate of drug-likeness (QED) is 0.794. The Morgan fingerprint density at radius 3 is 2.67 bits per heavy atom. The van der Waals surface area contributed by atoms with Gasteiger partial charge in [0.2, 0.25) is 5.91 Å². The fraction of sp³-hybridized carbons (Fsp3) is 0.579. The van der Waals surface area contributed by atoms with Crippen molar-refractivity contribution >= 4 is 23.4 Å². The summed E-state index contributed by atoms with van der Waals surface area (Å²) in [6.07, 6.45) is 3.83. The van der Waals surface area contributed by atoms with Crippen molar-refractivity contribution in [3.63, 3.8) is 0 Å². The lowest BCUT2D eigenvalue weighted by Gasteiger charge is -2.32. The molecule has 2 rings (SSSR count). The molecular weight excluding hydrogens is 324 g/mol. The monoisotopic (exact) mass is 350 g/mol. The maximum atomic E-state index is 12.6. The van der Waals surface area contributed by atoms with E-state index in [0.717, 1.165) is 32.2 Å². The topological polar surface area (TPSA) is 49.4 Å². The summed E-state index contributed by atoms with van der Waals surface area (Å²) >= 11 is 5.87. The zero-order valence-electron chi connectivity index (χ0n) is 14.6. The summed E-state index contributed by atoms with van der Waals surface area (Å²) in [5.41, 5.74) is 0.623. The Balaban J connectivity index is 1.85. The maximum Gasteiger partial charge on any atom is 0.253 e. The van der Waals surface area contributed by atoms with Crippen molar-refractivity contribution in [1.29, 1.82) is 0 Å². The Labute approximate surface area is 149 Å². The van der Waals surface area contributed by atoms with Crippen LogP contribution >= 0.6 is 11.6 Å². The van der Waals surface area contributed by atoms with Crippen molar-refractivity contribution in [2.75, 3.05) is 19.6 Å². The van der Waals surface area contributed by atoms with Crippen LogP contribution in [0.4, 0.5) is 0 Å². The molecule has 1 aliphatic heterocycles. The molecular formula is C19H27ClN2O2. The molecule has 1 aromatic carbocycles. The zero-order valence-corrected chi connectivity index (χ0v) is 15.3. The summed E-state index contributed by atoms with van der Waals surface area (Å²) < 4.78 is 0. The number of piperidine rings is 1. The lowest BCUT2D eigenvalue weighted by atomic mass is 9.96. The maximum absolute atomic E-state index is 12.6. The summed E-state index contributed by atoms with van der Waals surface area (Å²) in [5, 5.41) is 3.63. The van der Waals surface area contributed by atoms with E-state index in [9.17, 15) is 9.59 Å². The number of benzene rings is 1. The largest absolute Gasteiger partial charge is 0.356 e. The van der Waals surface area contributed by atoms with Gasteiger partial charge in [-0.1, -0.05) is 25.4 Å². The van der Waals surface area contributed by atoms with E-state index >= 15 is 0 Å². The molecule has 1 N–H and O–H groups in total. The average Bonchev–Trinajstić information content (AvgIpc) is 2.58. The second kappa shape index (κ2) is 9.07. The molecule has 132 valence electrons. The van der Waals surface area contributed by atoms with E-state index in [2.05, 4.69) is 19.2 Å². The predicted octanol–water partition coefficient (Wildman–Crippen LogP) is 3.74. The van der Waals surface area contributed by atoms with E-state index in [-0.39, 0.29) is 17.7 Å². The highest BCUT2D eigenvalue weighted by molar-refractivity contribution is 6.30. The molecule has 24 heavy (non-hydrogen) atoms. The number of amides is 2. The molecule has 1 aliphatic rings. The van der Waals surface area contributed by atoms with E-state index in [0.29, 0.717) is 29.6 Å². The van der Waals surface area contributed by atoms with E-state index in [1.807, 2.05) is 0 Å². The number of hydrogen-bond acceptors (Lipinski definition) is 2. The van der Waals surface area contributed by atoms with Crippen LogP contribution in [-0.4, -0.2) is 36.3 Å². The van der Waals surface area contributed by atoms with Gasteiger partial charge in [-0.15, -0.1) is 0 Å². The first-order valence-electron chi connectivity index (χ1n) is 8.80. The van der Waals surface area contributed by atoms with Gasteiger partial charge in [-0.25, -0.2) is 0 Å². The predicted molar refractivity (Wildman–Crippen MR) is 97.2 cm³/mol. The molecule has 2 amide bonds. The van der Waals surface area contributed by atoms with Crippen molar-refractivity contribution in [2.24, 2.45) is 11.8 Å². The molecule has 1 fully saturated rings. The smallest absolute Gasteiger partial charge is 0.253 e. The second-order valence-corrected chi connectivity index (χ2v) is 7.36. The molecule has 1 atom stereocenters. The SMILES string of the molecule is CC(C)CCCNC(=O)C1CCCN(C(=O)c2ccc(Cl)cc2)C1. The molecule has 1 saturated heterocycles. The van der Waals surface area contributed by atoms with Crippen LogP contribution in [0, 0.1) is 11.8 Å². The number of carbonyl (C=O) groups is 2. The van der Waals surface area contributed by atoms with E-state index in [1.165, 1.54) is 0 Å². The second-order valence-electron chi connectivity index (χ2n) is 6.92. The van der Waals surface area contributed by atoms with Crippen molar-refractivity contribution in [3.05, 3.63) is 34.9 Å². The van der Waals surface area contributed by atoms with Crippen LogP contribution in [0.5, 0.6) is 0 Å². The zero-order chi connectivity index (χ0) is 17.5. The Kier molecular flexibility index (Phi) is 7.10. The molecule has 1 aromatic rings. The van der Waals surface area contributed by atoms with Gasteiger partial charge < -0.3 is 10.2 Å². The molecule has 0 bridgehead atoms. The molecule has 0 spiro atoms. The first kappa shape index (κ1) is 18.8. The number of carbonyl (C=O) groups excluding carboxylic acids is 2. The molecule has 0 aliphatic carbocycles. The third kappa shape index (κ3) is 5.52. The number of nitrogens with one attached hydrogen (secondary N) is 1. The Bertz CT molecular complexity index is 557. The standard InChI is InChI=1S/C19H27ClN2O2/c1-14(2)5-3-11-21-18(23)16-6-4-12-22(13-16)19(24)15-7-9-17(20)10-8-15/h7-10,14,16H,3-6,11-13H2,1-2H3,(H,21,23). The van der Waals surface area contributed by atoms with Crippen LogP contribution < -0.4 is 5.32 Å². The first-order valence-corrected chi connectivity index (χ1v) is 9.17. The van der Waals surface area contributed by atoms with Crippen LogP contribution in [0.3, 0.4) is 0 Å². The van der Waals surface area contributed by atoms with Crippen LogP contribution in [-0.2, 0) is 4.79 Å². The third-order valence-corrected chi connectivity index (χ3v) is 4.68. The minimum Gasteiger partial charge on any atom is -0.356 e. The van der Waals surface area contributed by atoms with Crippen LogP contribution in [0.25, 0.3) is 0 Å². The molecule has 5 heteroatoms. The minimum absolute atomic E-state index is 0.0241. The molecule has 0 aromatic heterocycles. The van der Waals surface area contributed by atoms with Gasteiger partial charge in [-0.05, 0) is 55.9 Å². The highest BCUT2D eigenvalue weighted by Crippen LogP contribution is 2.20. The number of hydrogen-bond donors (Lipinski definition) is 1. The van der Waals surface area contributed by atoms with Crippen molar-refractivity contribution in [1.82, 2.24) is 10.2 Å². The van der Waals surface area contributed by atoms with Crippen LogP contribution in [0.2, 0.25) is 5.02 Å². The first-order chi connectivity index (χ1) is 11.5. The van der Waals surface area contributed by atoms with Gasteiger partial charge in [0.25, 0.3) is 5.91 Å². The van der Waals surface area contributed by atoms with Gasteiger partial charge >= 0.3 is 0 Å². The summed E-state index contributed by atoms with van der Waals surface area (Å²) in [7, 11) is 0. The number of rotatable bonds is 6. The van der Waals surface area contributed by atoms with Crippen LogP contribution in [0.15, 0.2) is 24.3 Å². The summed E-state index contributed by atoms with van der Waals surface area (Å²) in [6, 6.07) is 6.91. The summed E-state index contributed by atoms with van der Waals surface area (Å²) in [4.78, 5) is 26.7. The van der Waals surface area contributed by atoms with Crippen LogP contribution in [0.1, 0.15) is 49.9 Å². The highest BCUT2D eigenvalue weighted by Gasteiger charge is 2.28. The molecule has 0 radical (unpaired) electrons. The van der Waals surface area contributed by atoms with Crippen molar-refractivity contribution in [2.45, 2.75) is 39.5 Å².